The molecule has 1 amide bonds. The average Bonchev–Trinajstić information content (AvgIpc) is 3.26. The first-order valence-electron chi connectivity index (χ1n) is 11.5. The second kappa shape index (κ2) is 9.28. The maximum absolute atomic E-state index is 13.5. The summed E-state index contributed by atoms with van der Waals surface area (Å²) in [6, 6.07) is 11.1. The van der Waals surface area contributed by atoms with E-state index in [-0.39, 0.29) is 29.3 Å². The maximum Gasteiger partial charge on any atom is 0.433 e. The lowest BCUT2D eigenvalue weighted by atomic mass is 9.89. The Morgan fingerprint density at radius 3 is 2.56 bits per heavy atom. The largest absolute Gasteiger partial charge is 0.451 e. The molecule has 0 bridgehead atoms. The molecule has 5 nitrogen and oxygen atoms in total. The summed E-state index contributed by atoms with van der Waals surface area (Å²) in [6.45, 7) is 0. The van der Waals surface area contributed by atoms with Gasteiger partial charge < -0.3 is 14.6 Å². The quantitative estimate of drug-likeness (QED) is 0.296. The van der Waals surface area contributed by atoms with Crippen molar-refractivity contribution in [2.75, 3.05) is 11.9 Å². The molecule has 5 rings (SSSR count). The normalized spacial score (nSPS) is 18.5. The molecule has 0 aliphatic heterocycles. The zero-order valence-corrected chi connectivity index (χ0v) is 20.0. The molecule has 1 saturated carbocycles. The van der Waals surface area contributed by atoms with Gasteiger partial charge in [0.25, 0.3) is 5.91 Å². The number of rotatable bonds is 4. The lowest BCUT2D eigenvalue weighted by molar-refractivity contribution is -0.140. The van der Waals surface area contributed by atoms with Crippen LogP contribution in [0.4, 0.5) is 23.2 Å². The Morgan fingerprint density at radius 1 is 1.08 bits per heavy atom. The van der Waals surface area contributed by atoms with Crippen LogP contribution in [0.15, 0.2) is 52.9 Å². The standard InChI is InChI=1S/C26H22ClF4N3O2/c1-34(21-13-24(26(29,30)31)33-20-8-2-15(27)12-19(20)21)18-6-4-17(5-7-18)32-25(35)23-11-14-10-16(28)3-9-22(14)36-23/h2-3,8-13,17-18H,4-7H2,1H3,(H,32,35). The van der Waals surface area contributed by atoms with Crippen molar-refractivity contribution in [3.63, 3.8) is 0 Å². The summed E-state index contributed by atoms with van der Waals surface area (Å²) < 4.78 is 59.5. The van der Waals surface area contributed by atoms with E-state index in [4.69, 9.17) is 16.0 Å². The smallest absolute Gasteiger partial charge is 0.433 e. The number of anilines is 1. The van der Waals surface area contributed by atoms with Crippen LogP contribution in [-0.4, -0.2) is 30.0 Å². The summed E-state index contributed by atoms with van der Waals surface area (Å²) in [7, 11) is 1.77. The van der Waals surface area contributed by atoms with Gasteiger partial charge in [0.15, 0.2) is 5.76 Å². The highest BCUT2D eigenvalue weighted by molar-refractivity contribution is 6.31. The summed E-state index contributed by atoms with van der Waals surface area (Å²) >= 11 is 6.13. The van der Waals surface area contributed by atoms with Crippen LogP contribution < -0.4 is 10.2 Å². The van der Waals surface area contributed by atoms with E-state index in [0.29, 0.717) is 52.7 Å². The Morgan fingerprint density at radius 2 is 1.83 bits per heavy atom. The maximum atomic E-state index is 13.5. The van der Waals surface area contributed by atoms with Crippen molar-refractivity contribution in [2.24, 2.45) is 0 Å². The van der Waals surface area contributed by atoms with Gasteiger partial charge in [0.1, 0.15) is 17.1 Å². The molecule has 0 spiro atoms. The minimum Gasteiger partial charge on any atom is -0.451 e. The molecule has 1 aliphatic rings. The molecular weight excluding hydrogens is 498 g/mol. The molecule has 188 valence electrons. The molecule has 0 radical (unpaired) electrons. The number of furan rings is 1. The van der Waals surface area contributed by atoms with E-state index in [2.05, 4.69) is 10.3 Å². The molecule has 2 heterocycles. The van der Waals surface area contributed by atoms with Crippen molar-refractivity contribution >= 4 is 45.1 Å². The third-order valence-corrected chi connectivity index (χ3v) is 6.94. The van der Waals surface area contributed by atoms with Crippen LogP contribution >= 0.6 is 11.6 Å². The van der Waals surface area contributed by atoms with Crippen LogP contribution in [0, 0.1) is 5.82 Å². The summed E-state index contributed by atoms with van der Waals surface area (Å²) in [5.41, 5.74) is 0.111. The molecule has 2 aromatic carbocycles. The Kier molecular flexibility index (Phi) is 6.28. The lowest BCUT2D eigenvalue weighted by Gasteiger charge is -2.36. The fourth-order valence-electron chi connectivity index (χ4n) is 4.80. The van der Waals surface area contributed by atoms with Crippen molar-refractivity contribution in [1.29, 1.82) is 0 Å². The van der Waals surface area contributed by atoms with Gasteiger partial charge in [-0.15, -0.1) is 0 Å². The first-order valence-corrected chi connectivity index (χ1v) is 11.9. The zero-order chi connectivity index (χ0) is 25.6. The van der Waals surface area contributed by atoms with Gasteiger partial charge in [-0.05, 0) is 74.2 Å². The summed E-state index contributed by atoms with van der Waals surface area (Å²) in [4.78, 5) is 18.3. The number of nitrogens with zero attached hydrogens (tertiary/aromatic N) is 2. The molecule has 1 fully saturated rings. The van der Waals surface area contributed by atoms with E-state index < -0.39 is 17.7 Å². The lowest BCUT2D eigenvalue weighted by Crippen LogP contribution is -2.43. The highest BCUT2D eigenvalue weighted by Gasteiger charge is 2.35. The summed E-state index contributed by atoms with van der Waals surface area (Å²) in [5, 5.41) is 4.43. The first-order chi connectivity index (χ1) is 17.1. The summed E-state index contributed by atoms with van der Waals surface area (Å²) in [6.07, 6.45) is -1.96. The number of aromatic nitrogens is 1. The number of fused-ring (bicyclic) bond motifs is 2. The molecule has 36 heavy (non-hydrogen) atoms. The topological polar surface area (TPSA) is 58.4 Å². The monoisotopic (exact) mass is 519 g/mol. The minimum atomic E-state index is -4.58. The molecule has 10 heteroatoms. The molecule has 4 aromatic rings. The van der Waals surface area contributed by atoms with Crippen molar-refractivity contribution < 1.29 is 26.8 Å². The number of pyridine rings is 1. The van der Waals surface area contributed by atoms with E-state index in [9.17, 15) is 22.4 Å². The highest BCUT2D eigenvalue weighted by Crippen LogP contribution is 2.37. The number of carbonyl (C=O) groups excluding carboxylic acids is 1. The second-order valence-corrected chi connectivity index (χ2v) is 9.50. The van der Waals surface area contributed by atoms with Gasteiger partial charge in [-0.25, -0.2) is 9.37 Å². The number of amides is 1. The Hall–Kier alpha value is -3.33. The number of nitrogens with one attached hydrogen (secondary N) is 1. The molecule has 0 saturated heterocycles. The van der Waals surface area contributed by atoms with Crippen LogP contribution in [0.2, 0.25) is 5.02 Å². The second-order valence-electron chi connectivity index (χ2n) is 9.07. The van der Waals surface area contributed by atoms with Gasteiger partial charge in [-0.1, -0.05) is 11.6 Å². The van der Waals surface area contributed by atoms with E-state index in [0.717, 1.165) is 6.07 Å². The molecule has 0 atom stereocenters. The van der Waals surface area contributed by atoms with Crippen LogP contribution in [0.3, 0.4) is 0 Å². The summed E-state index contributed by atoms with van der Waals surface area (Å²) in [5.74, 6) is -0.688. The predicted molar refractivity (Wildman–Crippen MR) is 130 cm³/mol. The fourth-order valence-corrected chi connectivity index (χ4v) is 4.98. The molecular formula is C26H22ClF4N3O2. The molecule has 2 aromatic heterocycles. The SMILES string of the molecule is CN(c1cc(C(F)(F)F)nc2ccc(Cl)cc12)C1CCC(NC(=O)c2cc3cc(F)ccc3o2)CC1. The number of benzene rings is 2. The molecule has 1 N–H and O–H groups in total. The third kappa shape index (κ3) is 4.84. The van der Waals surface area contributed by atoms with Crippen LogP contribution in [0.25, 0.3) is 21.9 Å². The fraction of sp³-hybridized carbons (Fsp3) is 0.308. The Labute approximate surface area is 209 Å². The van der Waals surface area contributed by atoms with Crippen molar-refractivity contribution in [3.8, 4) is 0 Å². The van der Waals surface area contributed by atoms with Gasteiger partial charge >= 0.3 is 6.18 Å². The van der Waals surface area contributed by atoms with Gasteiger partial charge in [-0.2, -0.15) is 13.2 Å². The Bertz CT molecular complexity index is 1440. The van der Waals surface area contributed by atoms with Gasteiger partial charge in [-0.3, -0.25) is 4.79 Å². The van der Waals surface area contributed by atoms with E-state index in [1.165, 1.54) is 36.4 Å². The Balaban J connectivity index is 1.29. The van der Waals surface area contributed by atoms with Crippen LogP contribution in [-0.2, 0) is 6.18 Å². The van der Waals surface area contributed by atoms with Gasteiger partial charge in [0.2, 0.25) is 0 Å². The predicted octanol–water partition coefficient (Wildman–Crippen LogP) is 6.97. The van der Waals surface area contributed by atoms with Gasteiger partial charge in [0, 0.05) is 40.6 Å². The van der Waals surface area contributed by atoms with Crippen molar-refractivity contribution in [3.05, 3.63) is 70.8 Å². The van der Waals surface area contributed by atoms with E-state index in [1.54, 1.807) is 13.1 Å². The first kappa shape index (κ1) is 24.4. The number of alkyl halides is 3. The third-order valence-electron chi connectivity index (χ3n) is 6.70. The van der Waals surface area contributed by atoms with Crippen molar-refractivity contribution in [1.82, 2.24) is 10.3 Å². The van der Waals surface area contributed by atoms with E-state index >= 15 is 0 Å². The van der Waals surface area contributed by atoms with E-state index in [1.807, 2.05) is 4.90 Å². The number of carbonyl (C=O) groups is 1. The average molecular weight is 520 g/mol. The molecule has 0 unspecified atom stereocenters. The number of hydrogen-bond donors (Lipinski definition) is 1. The minimum absolute atomic E-state index is 0.0296. The highest BCUT2D eigenvalue weighted by atomic mass is 35.5. The van der Waals surface area contributed by atoms with Crippen molar-refractivity contribution in [2.45, 2.75) is 43.9 Å². The van der Waals surface area contributed by atoms with Crippen LogP contribution in [0.1, 0.15) is 41.9 Å². The van der Waals surface area contributed by atoms with Gasteiger partial charge in [0.05, 0.1) is 5.52 Å². The zero-order valence-electron chi connectivity index (χ0n) is 19.2. The number of halogens is 5. The number of hydrogen-bond acceptors (Lipinski definition) is 4. The van der Waals surface area contributed by atoms with Crippen LogP contribution in [0.5, 0.6) is 0 Å². The molecule has 1 aliphatic carbocycles.